The molecule has 14 rings (SSSR count). The molecule has 4 nitrogen and oxygen atoms in total. The van der Waals surface area contributed by atoms with Crippen molar-refractivity contribution in [1.82, 2.24) is 18.7 Å². The van der Waals surface area contributed by atoms with E-state index in [9.17, 15) is 0 Å². The van der Waals surface area contributed by atoms with Crippen molar-refractivity contribution >= 4 is 84.4 Å². The standard InChI is InChI=1S/C78H61BN4.Pt/c1-77(2,3)58-42-37-56(38-43-58)63-31-20-32-64(57-39-44-59(45-40-57)78(4,5)6)74(63)79(61-46-47-69-68-30-15-16-35-70(68)83(72(69)51-61)73-36-17-18-49-80-73)60-27-19-28-62(50-60)81-52-82(76-67-29-14-13-26-55(67)41-48-71(76)81)75-65(53-22-9-7-10-23-53)33-21-34-66(75)54-24-11-8-12-25-54;/h7-49H,1-6H3;/q;+2. The van der Waals surface area contributed by atoms with Crippen LogP contribution in [0.5, 0.6) is 0 Å². The van der Waals surface area contributed by atoms with Crippen molar-refractivity contribution in [3.8, 4) is 50.3 Å². The van der Waals surface area contributed by atoms with Crippen molar-refractivity contribution in [3.05, 3.63) is 284 Å². The van der Waals surface area contributed by atoms with Crippen LogP contribution >= 0.6 is 0 Å². The number of rotatable bonds is 10. The van der Waals surface area contributed by atoms with Crippen LogP contribution in [-0.4, -0.2) is 22.3 Å². The maximum atomic E-state index is 4.95. The Morgan fingerprint density at radius 1 is 0.417 bits per heavy atom. The molecule has 404 valence electrons. The van der Waals surface area contributed by atoms with Crippen LogP contribution in [0.15, 0.2) is 261 Å². The monoisotopic (exact) mass is 1260 g/mol. The van der Waals surface area contributed by atoms with Crippen molar-refractivity contribution in [1.29, 1.82) is 0 Å². The average molecular weight is 1260 g/mol. The van der Waals surface area contributed by atoms with Crippen LogP contribution in [-0.2, 0) is 31.9 Å². The second kappa shape index (κ2) is 21.8. The SMILES string of the molecule is CC(C)(C)c1ccc(-c2cccc(-c3ccc(C(C)(C)C)cc3)c2B(c2[c-]c([N+]3=C=[N+](c4c(-c5ccccc5)cccc4-c4ccccc4)c4c3ccc3ccccc43)ccc2)c2[c-]c3c(cc2)c2ccccc2n3-c2ccccn2)cc1.[Pt+2]. The van der Waals surface area contributed by atoms with Gasteiger partial charge >= 0.3 is 32.8 Å². The minimum absolute atomic E-state index is 0. The van der Waals surface area contributed by atoms with Gasteiger partial charge in [-0.2, -0.15) is 41.3 Å². The van der Waals surface area contributed by atoms with Crippen LogP contribution in [0.4, 0.5) is 22.7 Å². The molecule has 6 heteroatoms. The summed E-state index contributed by atoms with van der Waals surface area (Å²) in [6.07, 6.45) is 1.87. The molecule has 0 spiro atoms. The molecule has 0 N–H and O–H groups in total. The molecular formula is C78H61BN4Pt+2. The van der Waals surface area contributed by atoms with Crippen LogP contribution in [0.3, 0.4) is 0 Å². The van der Waals surface area contributed by atoms with Crippen LogP contribution in [0.2, 0.25) is 0 Å². The molecule has 11 aromatic carbocycles. The first-order valence-electron chi connectivity index (χ1n) is 28.8. The molecule has 2 aromatic heterocycles. The number of nitrogens with zero attached hydrogens (tertiary/aromatic N) is 4. The summed E-state index contributed by atoms with van der Waals surface area (Å²) in [5, 5.41) is 4.56. The molecule has 0 bridgehead atoms. The van der Waals surface area contributed by atoms with Crippen LogP contribution in [0, 0.1) is 12.1 Å². The minimum atomic E-state index is -0.372. The van der Waals surface area contributed by atoms with Gasteiger partial charge in [-0.1, -0.05) is 239 Å². The normalized spacial score (nSPS) is 12.3. The zero-order valence-electron chi connectivity index (χ0n) is 48.0. The molecule has 3 heterocycles. The zero-order valence-corrected chi connectivity index (χ0v) is 50.3. The average Bonchev–Trinajstić information content (AvgIpc) is 1.76. The summed E-state index contributed by atoms with van der Waals surface area (Å²) in [5.41, 5.74) is 20.9. The Labute approximate surface area is 507 Å². The number of hydrogen-bond donors (Lipinski definition) is 0. The second-order valence-electron chi connectivity index (χ2n) is 23.9. The molecule has 1 aliphatic heterocycles. The molecule has 0 amide bonds. The van der Waals surface area contributed by atoms with E-state index in [1.54, 1.807) is 0 Å². The van der Waals surface area contributed by atoms with E-state index in [2.05, 4.69) is 322 Å². The van der Waals surface area contributed by atoms with E-state index < -0.39 is 0 Å². The van der Waals surface area contributed by atoms with Crippen molar-refractivity contribution < 1.29 is 21.1 Å². The Morgan fingerprint density at radius 2 is 0.952 bits per heavy atom. The number of fused-ring (bicyclic) bond motifs is 6. The van der Waals surface area contributed by atoms with Gasteiger partial charge in [0.1, 0.15) is 11.5 Å². The van der Waals surface area contributed by atoms with E-state index in [1.807, 2.05) is 12.3 Å². The Hall–Kier alpha value is -9.24. The molecular weight excluding hydrogens is 1200 g/mol. The van der Waals surface area contributed by atoms with Crippen LogP contribution in [0.25, 0.3) is 82.9 Å². The number of hydrogen-bond acceptors (Lipinski definition) is 1. The quantitative estimate of drug-likeness (QED) is 0.0761. The van der Waals surface area contributed by atoms with E-state index in [4.69, 9.17) is 4.98 Å². The van der Waals surface area contributed by atoms with Crippen LogP contribution < -0.4 is 25.5 Å². The third-order valence-electron chi connectivity index (χ3n) is 16.6. The van der Waals surface area contributed by atoms with Gasteiger partial charge in [0, 0.05) is 17.8 Å². The summed E-state index contributed by atoms with van der Waals surface area (Å²) in [5.74, 6) is 0.844. The van der Waals surface area contributed by atoms with Gasteiger partial charge in [-0.15, -0.1) is 11.5 Å². The molecule has 13 aromatic rings. The van der Waals surface area contributed by atoms with E-state index in [0.717, 1.165) is 117 Å². The molecule has 0 radical (unpaired) electrons. The summed E-state index contributed by atoms with van der Waals surface area (Å²) in [6.45, 7) is 13.3. The molecule has 0 fully saturated rings. The minimum Gasteiger partial charge on any atom is -0.319 e. The molecule has 0 saturated carbocycles. The number of aromatic nitrogens is 2. The van der Waals surface area contributed by atoms with Crippen molar-refractivity contribution in [2.75, 3.05) is 0 Å². The van der Waals surface area contributed by atoms with E-state index in [-0.39, 0.29) is 38.6 Å². The summed E-state index contributed by atoms with van der Waals surface area (Å²) >= 11 is 0. The van der Waals surface area contributed by atoms with Crippen LogP contribution in [0.1, 0.15) is 52.7 Å². The topological polar surface area (TPSA) is 23.8 Å². The van der Waals surface area contributed by atoms with Gasteiger partial charge in [0.15, 0.2) is 6.71 Å². The predicted octanol–water partition coefficient (Wildman–Crippen LogP) is 17.6. The third-order valence-corrected chi connectivity index (χ3v) is 16.6. The molecule has 84 heavy (non-hydrogen) atoms. The van der Waals surface area contributed by atoms with E-state index in [0.29, 0.717) is 0 Å². The van der Waals surface area contributed by atoms with Crippen molar-refractivity contribution in [2.45, 2.75) is 52.4 Å². The molecule has 0 unspecified atom stereocenters. The van der Waals surface area contributed by atoms with Gasteiger partial charge in [0.25, 0.3) is 5.69 Å². The molecule has 0 aliphatic carbocycles. The molecule has 0 saturated heterocycles. The number of pyridine rings is 1. The predicted molar refractivity (Wildman–Crippen MR) is 351 cm³/mol. The van der Waals surface area contributed by atoms with Crippen molar-refractivity contribution in [2.24, 2.45) is 0 Å². The Morgan fingerprint density at radius 3 is 1.56 bits per heavy atom. The van der Waals surface area contributed by atoms with Gasteiger partial charge < -0.3 is 4.57 Å². The zero-order chi connectivity index (χ0) is 56.4. The summed E-state index contributed by atoms with van der Waals surface area (Å²) in [6, 6.07) is 105. The van der Waals surface area contributed by atoms with Crippen molar-refractivity contribution in [3.63, 3.8) is 0 Å². The van der Waals surface area contributed by atoms with Gasteiger partial charge in [-0.05, 0) is 113 Å². The summed E-state index contributed by atoms with van der Waals surface area (Å²) < 4.78 is 6.82. The number of para-hydroxylation sites is 2. The summed E-state index contributed by atoms with van der Waals surface area (Å²) in [7, 11) is 0. The summed E-state index contributed by atoms with van der Waals surface area (Å²) in [4.78, 5) is 4.95. The van der Waals surface area contributed by atoms with E-state index in [1.165, 1.54) is 16.6 Å². The van der Waals surface area contributed by atoms with E-state index >= 15 is 0 Å². The Bertz CT molecular complexity index is 4570. The molecule has 0 atom stereocenters. The van der Waals surface area contributed by atoms with Gasteiger partial charge in [-0.25, -0.2) is 4.98 Å². The fourth-order valence-electron chi connectivity index (χ4n) is 12.4. The fraction of sp³-hybridized carbons (Fsp3) is 0.103. The van der Waals surface area contributed by atoms with Gasteiger partial charge in [0.05, 0.1) is 16.5 Å². The van der Waals surface area contributed by atoms with Gasteiger partial charge in [-0.3, -0.25) is 0 Å². The maximum Gasteiger partial charge on any atom is 2.00 e. The van der Waals surface area contributed by atoms with Gasteiger partial charge in [0.2, 0.25) is 5.69 Å². The Kier molecular flexibility index (Phi) is 14.0. The largest absolute Gasteiger partial charge is 2.00 e. The first-order valence-corrected chi connectivity index (χ1v) is 28.8. The second-order valence-corrected chi connectivity index (χ2v) is 23.9. The molecule has 1 aliphatic rings. The third kappa shape index (κ3) is 9.68. The fourth-order valence-corrected chi connectivity index (χ4v) is 12.4. The Balaban J connectivity index is 0.00000658. The smallest absolute Gasteiger partial charge is 0.319 e. The maximum absolute atomic E-state index is 4.95. The first-order chi connectivity index (χ1) is 40.5. The number of benzene rings is 11. The first kappa shape index (κ1) is 54.0.